The van der Waals surface area contributed by atoms with Crippen molar-refractivity contribution < 1.29 is 19.4 Å². The van der Waals surface area contributed by atoms with E-state index < -0.39 is 32.8 Å². The zero-order valence-electron chi connectivity index (χ0n) is 14.1. The Labute approximate surface area is 157 Å². The van der Waals surface area contributed by atoms with E-state index in [2.05, 4.69) is 0 Å². The smallest absolute Gasteiger partial charge is 0.282 e. The van der Waals surface area contributed by atoms with E-state index in [1.165, 1.54) is 12.1 Å². The van der Waals surface area contributed by atoms with Gasteiger partial charge in [-0.1, -0.05) is 48.5 Å². The van der Waals surface area contributed by atoms with Crippen LogP contribution in [0.4, 0.5) is 0 Å². The number of rotatable bonds is 2. The lowest BCUT2D eigenvalue weighted by molar-refractivity contribution is -0.416. The molecule has 0 amide bonds. The first-order valence-electron chi connectivity index (χ1n) is 8.15. The van der Waals surface area contributed by atoms with E-state index in [1.807, 2.05) is 0 Å². The molecule has 8 nitrogen and oxygen atoms in total. The summed E-state index contributed by atoms with van der Waals surface area (Å²) in [4.78, 5) is 46.1. The van der Waals surface area contributed by atoms with Crippen LogP contribution >= 0.6 is 0 Å². The van der Waals surface area contributed by atoms with Gasteiger partial charge in [0.1, 0.15) is 0 Å². The molecule has 4 rings (SSSR count). The van der Waals surface area contributed by atoms with E-state index in [4.69, 9.17) is 0 Å². The number of nitro groups is 2. The number of hydrogen-bond donors (Lipinski definition) is 0. The van der Waals surface area contributed by atoms with Gasteiger partial charge in [-0.2, -0.15) is 0 Å². The number of nitrogens with zero attached hydrogens (tertiary/aromatic N) is 2. The number of fused-ring (bicyclic) bond motifs is 2. The highest BCUT2D eigenvalue weighted by Gasteiger charge is 2.36. The number of ketones is 2. The quantitative estimate of drug-likeness (QED) is 0.587. The highest BCUT2D eigenvalue weighted by molar-refractivity contribution is 6.22. The van der Waals surface area contributed by atoms with E-state index in [-0.39, 0.29) is 22.3 Å². The van der Waals surface area contributed by atoms with Crippen molar-refractivity contribution in [2.24, 2.45) is 0 Å². The minimum Gasteiger partial charge on any atom is -0.282 e. The van der Waals surface area contributed by atoms with Crippen molar-refractivity contribution in [1.82, 2.24) is 0 Å². The Kier molecular flexibility index (Phi) is 3.82. The highest BCUT2D eigenvalue weighted by Crippen LogP contribution is 2.39. The maximum atomic E-state index is 12.4. The van der Waals surface area contributed by atoms with Crippen LogP contribution < -0.4 is 0 Å². The largest absolute Gasteiger partial charge is 0.317 e. The molecule has 2 aromatic carbocycles. The van der Waals surface area contributed by atoms with Gasteiger partial charge in [-0.3, -0.25) is 29.8 Å². The minimum atomic E-state index is -0.781. The Hall–Kier alpha value is -4.20. The third kappa shape index (κ3) is 2.47. The topological polar surface area (TPSA) is 120 Å². The molecular formula is C20H10N2O6. The second-order valence-electron chi connectivity index (χ2n) is 6.15. The standard InChI is InChI=1S/C20H10N2O6/c23-19-13-7-3-1-5-11(13)15(9-17(19)21(25)26)16-10-18(22(27)28)20(24)14-8-4-2-6-12(14)16/h1-10H/b16-15+. The molecule has 0 spiro atoms. The van der Waals surface area contributed by atoms with Gasteiger partial charge in [0.05, 0.1) is 9.85 Å². The molecule has 0 heterocycles. The van der Waals surface area contributed by atoms with E-state index in [0.29, 0.717) is 11.1 Å². The number of carbonyl (C=O) groups is 2. The Morgan fingerprint density at radius 2 is 0.893 bits per heavy atom. The summed E-state index contributed by atoms with van der Waals surface area (Å²) in [6.45, 7) is 0. The fourth-order valence-electron chi connectivity index (χ4n) is 3.38. The van der Waals surface area contributed by atoms with Crippen LogP contribution in [0.25, 0.3) is 11.1 Å². The first kappa shape index (κ1) is 17.2. The lowest BCUT2D eigenvalue weighted by Crippen LogP contribution is -2.20. The molecule has 2 aliphatic rings. The van der Waals surface area contributed by atoms with Crippen LogP contribution in [0.15, 0.2) is 72.1 Å². The van der Waals surface area contributed by atoms with Crippen molar-refractivity contribution in [3.8, 4) is 0 Å². The Morgan fingerprint density at radius 3 is 1.21 bits per heavy atom. The molecule has 136 valence electrons. The Balaban J connectivity index is 2.13. The van der Waals surface area contributed by atoms with Gasteiger partial charge < -0.3 is 0 Å². The Morgan fingerprint density at radius 1 is 0.571 bits per heavy atom. The maximum absolute atomic E-state index is 12.4. The van der Waals surface area contributed by atoms with Crippen molar-refractivity contribution in [2.75, 3.05) is 0 Å². The number of hydrogen-bond acceptors (Lipinski definition) is 6. The molecular weight excluding hydrogens is 364 g/mol. The molecule has 0 saturated heterocycles. The van der Waals surface area contributed by atoms with Crippen molar-refractivity contribution >= 4 is 22.7 Å². The lowest BCUT2D eigenvalue weighted by Gasteiger charge is -2.20. The highest BCUT2D eigenvalue weighted by atomic mass is 16.6. The predicted octanol–water partition coefficient (Wildman–Crippen LogP) is 3.31. The number of carbonyl (C=O) groups excluding carboxylic acids is 2. The molecule has 8 heteroatoms. The predicted molar refractivity (Wildman–Crippen MR) is 98.5 cm³/mol. The van der Waals surface area contributed by atoms with Gasteiger partial charge in [0.2, 0.25) is 0 Å². The molecule has 0 aliphatic heterocycles. The van der Waals surface area contributed by atoms with Gasteiger partial charge in [0, 0.05) is 23.3 Å². The molecule has 0 saturated carbocycles. The maximum Gasteiger partial charge on any atom is 0.317 e. The second kappa shape index (κ2) is 6.20. The van der Waals surface area contributed by atoms with Crippen LogP contribution in [0.2, 0.25) is 0 Å². The molecule has 0 aromatic heterocycles. The zero-order valence-corrected chi connectivity index (χ0v) is 14.1. The van der Waals surface area contributed by atoms with Crippen LogP contribution in [-0.4, -0.2) is 21.4 Å². The van der Waals surface area contributed by atoms with E-state index >= 15 is 0 Å². The minimum absolute atomic E-state index is 0.129. The number of benzene rings is 2. The summed E-state index contributed by atoms with van der Waals surface area (Å²) in [7, 11) is 0. The lowest BCUT2D eigenvalue weighted by atomic mass is 9.81. The fourth-order valence-corrected chi connectivity index (χ4v) is 3.38. The number of allylic oxidation sites excluding steroid dienone is 6. The van der Waals surface area contributed by atoms with E-state index in [0.717, 1.165) is 12.2 Å². The molecule has 0 radical (unpaired) electrons. The molecule has 0 atom stereocenters. The number of Topliss-reactive ketones (excluding diaryl/α,β-unsaturated/α-hetero) is 2. The third-order valence-corrected chi connectivity index (χ3v) is 4.63. The average Bonchev–Trinajstić information content (AvgIpc) is 2.69. The first-order valence-corrected chi connectivity index (χ1v) is 8.15. The molecule has 0 fully saturated rings. The molecule has 2 aromatic rings. The summed E-state index contributed by atoms with van der Waals surface area (Å²) in [5.41, 5.74) is 0.377. The van der Waals surface area contributed by atoms with Crippen LogP contribution in [0, 0.1) is 20.2 Å². The van der Waals surface area contributed by atoms with E-state index in [9.17, 15) is 29.8 Å². The van der Waals surface area contributed by atoms with Crippen molar-refractivity contribution in [2.45, 2.75) is 0 Å². The summed E-state index contributed by atoms with van der Waals surface area (Å²) >= 11 is 0. The van der Waals surface area contributed by atoms with Crippen molar-refractivity contribution in [3.63, 3.8) is 0 Å². The van der Waals surface area contributed by atoms with Crippen molar-refractivity contribution in [3.05, 3.63) is 115 Å². The second-order valence-corrected chi connectivity index (χ2v) is 6.15. The monoisotopic (exact) mass is 374 g/mol. The fraction of sp³-hybridized carbons (Fsp3) is 0. The summed E-state index contributed by atoms with van der Waals surface area (Å²) in [5, 5.41) is 22.8. The van der Waals surface area contributed by atoms with Gasteiger partial charge >= 0.3 is 11.4 Å². The van der Waals surface area contributed by atoms with Gasteiger partial charge in [-0.15, -0.1) is 0 Å². The molecule has 0 N–H and O–H groups in total. The summed E-state index contributed by atoms with van der Waals surface area (Å²) < 4.78 is 0. The zero-order chi connectivity index (χ0) is 20.0. The summed E-state index contributed by atoms with van der Waals surface area (Å²) in [5.74, 6) is -1.47. The van der Waals surface area contributed by atoms with Crippen LogP contribution in [-0.2, 0) is 0 Å². The van der Waals surface area contributed by atoms with Crippen LogP contribution in [0.1, 0.15) is 31.8 Å². The molecule has 2 aliphatic carbocycles. The summed E-state index contributed by atoms with van der Waals surface area (Å²) in [6, 6.07) is 12.6. The first-order chi connectivity index (χ1) is 13.4. The molecule has 28 heavy (non-hydrogen) atoms. The summed E-state index contributed by atoms with van der Waals surface area (Å²) in [6.07, 6.45) is 2.22. The average molecular weight is 374 g/mol. The molecule has 0 bridgehead atoms. The third-order valence-electron chi connectivity index (χ3n) is 4.63. The van der Waals surface area contributed by atoms with Crippen molar-refractivity contribution in [1.29, 1.82) is 0 Å². The SMILES string of the molecule is O=C1C([N+](=O)[O-])=C/C(=C2/C=C([N+](=O)[O-])C(=O)c3ccccc32)c2ccccc21. The van der Waals surface area contributed by atoms with Gasteiger partial charge in [0.15, 0.2) is 0 Å². The van der Waals surface area contributed by atoms with E-state index in [1.54, 1.807) is 36.4 Å². The Bertz CT molecular complexity index is 1110. The van der Waals surface area contributed by atoms with Gasteiger partial charge in [-0.05, 0) is 22.3 Å². The van der Waals surface area contributed by atoms with Crippen LogP contribution in [0.3, 0.4) is 0 Å². The molecule has 0 unspecified atom stereocenters. The van der Waals surface area contributed by atoms with Gasteiger partial charge in [0.25, 0.3) is 11.6 Å². The normalized spacial score (nSPS) is 18.0. The van der Waals surface area contributed by atoms with Crippen LogP contribution in [0.5, 0.6) is 0 Å². The van der Waals surface area contributed by atoms with Gasteiger partial charge in [-0.25, -0.2) is 0 Å².